The van der Waals surface area contributed by atoms with E-state index in [1.807, 2.05) is 30.3 Å². The zero-order valence-electron chi connectivity index (χ0n) is 15.9. The molecule has 5 heteroatoms. The second-order valence-electron chi connectivity index (χ2n) is 7.48. The summed E-state index contributed by atoms with van der Waals surface area (Å²) < 4.78 is 13.5. The maximum absolute atomic E-state index is 13.5. The van der Waals surface area contributed by atoms with Crippen LogP contribution in [0.2, 0.25) is 0 Å². The van der Waals surface area contributed by atoms with Gasteiger partial charge in [-0.25, -0.2) is 4.39 Å². The van der Waals surface area contributed by atoms with Gasteiger partial charge in [-0.3, -0.25) is 4.79 Å². The van der Waals surface area contributed by atoms with E-state index in [9.17, 15) is 9.18 Å². The van der Waals surface area contributed by atoms with Gasteiger partial charge in [0.15, 0.2) is 5.78 Å². The lowest BCUT2D eigenvalue weighted by molar-refractivity contribution is -0.116. The molecule has 29 heavy (non-hydrogen) atoms. The first-order chi connectivity index (χ1) is 14.2. The van der Waals surface area contributed by atoms with Crippen LogP contribution in [-0.4, -0.2) is 5.78 Å². The van der Waals surface area contributed by atoms with Gasteiger partial charge < -0.3 is 10.2 Å². The Hall–Kier alpha value is -2.92. The number of Topliss-reactive ketones (excluding diaryl/α,β-unsaturated/α-hetero) is 1. The molecule has 2 aromatic carbocycles. The molecule has 1 N–H and O–H groups in total. The SMILES string of the molecule is O=C1CCCC2=C1[C@@H](c1cccs1)N(Cc1ccc(F)cc1)c1ccccc1N2. The number of para-hydroxylation sites is 2. The van der Waals surface area contributed by atoms with Crippen LogP contribution in [0, 0.1) is 5.82 Å². The van der Waals surface area contributed by atoms with Gasteiger partial charge in [-0.2, -0.15) is 0 Å². The summed E-state index contributed by atoms with van der Waals surface area (Å²) in [5.41, 5.74) is 4.98. The lowest BCUT2D eigenvalue weighted by atomic mass is 9.88. The van der Waals surface area contributed by atoms with Crippen LogP contribution in [0.3, 0.4) is 0 Å². The van der Waals surface area contributed by atoms with E-state index in [1.54, 1.807) is 11.3 Å². The summed E-state index contributed by atoms with van der Waals surface area (Å²) in [6, 6.07) is 18.8. The molecule has 1 atom stereocenters. The molecular formula is C24H21FN2OS. The Morgan fingerprint density at radius 3 is 2.66 bits per heavy atom. The number of rotatable bonds is 3. The van der Waals surface area contributed by atoms with Crippen molar-refractivity contribution >= 4 is 28.5 Å². The van der Waals surface area contributed by atoms with Gasteiger partial charge in [0.05, 0.1) is 17.4 Å². The highest BCUT2D eigenvalue weighted by Crippen LogP contribution is 2.46. The van der Waals surface area contributed by atoms with E-state index in [1.165, 1.54) is 12.1 Å². The van der Waals surface area contributed by atoms with Gasteiger partial charge in [-0.1, -0.05) is 30.3 Å². The van der Waals surface area contributed by atoms with Crippen molar-refractivity contribution in [3.63, 3.8) is 0 Å². The van der Waals surface area contributed by atoms with Gasteiger partial charge in [0.25, 0.3) is 0 Å². The predicted octanol–water partition coefficient (Wildman–Crippen LogP) is 6.07. The molecule has 1 aliphatic carbocycles. The van der Waals surface area contributed by atoms with Crippen molar-refractivity contribution in [3.05, 3.63) is 93.6 Å². The molecule has 0 saturated carbocycles. The molecule has 0 spiro atoms. The third-order valence-corrected chi connectivity index (χ3v) is 6.54. The van der Waals surface area contributed by atoms with Gasteiger partial charge in [0.2, 0.25) is 0 Å². The van der Waals surface area contributed by atoms with Gasteiger partial charge in [-0.15, -0.1) is 11.3 Å². The summed E-state index contributed by atoms with van der Waals surface area (Å²) in [5, 5.41) is 5.63. The number of allylic oxidation sites excluding steroid dienone is 1. The Morgan fingerprint density at radius 2 is 1.86 bits per heavy atom. The zero-order valence-corrected chi connectivity index (χ0v) is 16.7. The monoisotopic (exact) mass is 404 g/mol. The number of carbonyl (C=O) groups excluding carboxylic acids is 1. The smallest absolute Gasteiger partial charge is 0.163 e. The van der Waals surface area contributed by atoms with Crippen molar-refractivity contribution in [1.82, 2.24) is 0 Å². The second-order valence-corrected chi connectivity index (χ2v) is 8.46. The number of thiophene rings is 1. The topological polar surface area (TPSA) is 32.3 Å². The average Bonchev–Trinajstić information content (AvgIpc) is 3.21. The number of hydrogen-bond acceptors (Lipinski definition) is 4. The summed E-state index contributed by atoms with van der Waals surface area (Å²) in [4.78, 5) is 16.5. The summed E-state index contributed by atoms with van der Waals surface area (Å²) in [7, 11) is 0. The average molecular weight is 405 g/mol. The summed E-state index contributed by atoms with van der Waals surface area (Å²) in [6.45, 7) is 0.589. The maximum Gasteiger partial charge on any atom is 0.163 e. The van der Waals surface area contributed by atoms with Crippen LogP contribution in [0.1, 0.15) is 35.7 Å². The molecule has 0 saturated heterocycles. The number of anilines is 2. The van der Waals surface area contributed by atoms with Gasteiger partial charge in [0.1, 0.15) is 5.82 Å². The fourth-order valence-electron chi connectivity index (χ4n) is 4.30. The Kier molecular flexibility index (Phi) is 4.68. The third kappa shape index (κ3) is 3.36. The fourth-order valence-corrected chi connectivity index (χ4v) is 5.15. The maximum atomic E-state index is 13.5. The summed E-state index contributed by atoms with van der Waals surface area (Å²) in [6.07, 6.45) is 2.34. The molecule has 1 aromatic heterocycles. The van der Waals surface area contributed by atoms with Crippen molar-refractivity contribution in [3.8, 4) is 0 Å². The lowest BCUT2D eigenvalue weighted by Crippen LogP contribution is -2.32. The van der Waals surface area contributed by atoms with Crippen molar-refractivity contribution in [2.45, 2.75) is 31.8 Å². The largest absolute Gasteiger partial charge is 0.357 e. The summed E-state index contributed by atoms with van der Waals surface area (Å²) >= 11 is 1.67. The number of fused-ring (bicyclic) bond motifs is 1. The molecule has 3 aromatic rings. The first-order valence-corrected chi connectivity index (χ1v) is 10.8. The minimum Gasteiger partial charge on any atom is -0.357 e. The van der Waals surface area contributed by atoms with Crippen LogP contribution >= 0.6 is 11.3 Å². The van der Waals surface area contributed by atoms with E-state index < -0.39 is 0 Å². The molecule has 2 heterocycles. The second kappa shape index (κ2) is 7.48. The van der Waals surface area contributed by atoms with E-state index in [0.29, 0.717) is 13.0 Å². The highest BCUT2D eigenvalue weighted by molar-refractivity contribution is 7.10. The zero-order chi connectivity index (χ0) is 19.8. The highest BCUT2D eigenvalue weighted by Gasteiger charge is 2.37. The standard InChI is InChI=1S/C24H21FN2OS/c25-17-12-10-16(11-13-17)15-27-20-7-2-1-5-18(20)26-19-6-3-8-21(28)23(19)24(27)22-9-4-14-29-22/h1-2,4-5,7,9-14,24,26H,3,6,8,15H2/t24-/m1/s1. The van der Waals surface area contributed by atoms with E-state index >= 15 is 0 Å². The number of carbonyl (C=O) groups is 1. The van der Waals surface area contributed by atoms with Crippen LogP contribution in [-0.2, 0) is 11.3 Å². The Balaban J connectivity index is 1.70. The molecule has 1 aliphatic heterocycles. The Labute approximate surface area is 173 Å². The predicted molar refractivity (Wildman–Crippen MR) is 116 cm³/mol. The molecule has 0 unspecified atom stereocenters. The van der Waals surface area contributed by atoms with Gasteiger partial charge >= 0.3 is 0 Å². The lowest BCUT2D eigenvalue weighted by Gasteiger charge is -2.34. The Bertz CT molecular complexity index is 1070. The van der Waals surface area contributed by atoms with E-state index in [2.05, 4.69) is 33.8 Å². The van der Waals surface area contributed by atoms with Crippen LogP contribution < -0.4 is 10.2 Å². The highest BCUT2D eigenvalue weighted by atomic mass is 32.1. The molecule has 3 nitrogen and oxygen atoms in total. The number of halogens is 1. The number of hydrogen-bond donors (Lipinski definition) is 1. The number of nitrogens with zero attached hydrogens (tertiary/aromatic N) is 1. The van der Waals surface area contributed by atoms with Crippen molar-refractivity contribution in [2.24, 2.45) is 0 Å². The third-order valence-electron chi connectivity index (χ3n) is 5.62. The normalized spacial score (nSPS) is 18.7. The van der Waals surface area contributed by atoms with Crippen LogP contribution in [0.5, 0.6) is 0 Å². The van der Waals surface area contributed by atoms with Crippen molar-refractivity contribution in [2.75, 3.05) is 10.2 Å². The van der Waals surface area contributed by atoms with E-state index in [0.717, 1.165) is 45.9 Å². The number of ketones is 1. The van der Waals surface area contributed by atoms with Crippen LogP contribution in [0.15, 0.2) is 77.3 Å². The van der Waals surface area contributed by atoms with Crippen molar-refractivity contribution in [1.29, 1.82) is 0 Å². The first-order valence-electron chi connectivity index (χ1n) is 9.87. The molecule has 0 radical (unpaired) electrons. The summed E-state index contributed by atoms with van der Waals surface area (Å²) in [5.74, 6) is -0.0250. The Morgan fingerprint density at radius 1 is 1.03 bits per heavy atom. The van der Waals surface area contributed by atoms with Crippen molar-refractivity contribution < 1.29 is 9.18 Å². The molecular weight excluding hydrogens is 383 g/mol. The number of benzene rings is 2. The molecule has 0 bridgehead atoms. The van der Waals surface area contributed by atoms with Crippen LogP contribution in [0.25, 0.3) is 0 Å². The fraction of sp³-hybridized carbons (Fsp3) is 0.208. The van der Waals surface area contributed by atoms with E-state index in [4.69, 9.17) is 0 Å². The van der Waals surface area contributed by atoms with Crippen LogP contribution in [0.4, 0.5) is 15.8 Å². The molecule has 0 fully saturated rings. The number of nitrogens with one attached hydrogen (secondary N) is 1. The van der Waals surface area contributed by atoms with E-state index in [-0.39, 0.29) is 17.6 Å². The minimum absolute atomic E-state index is 0.154. The quantitative estimate of drug-likeness (QED) is 0.575. The molecule has 5 rings (SSSR count). The van der Waals surface area contributed by atoms with Gasteiger partial charge in [-0.05, 0) is 54.1 Å². The minimum atomic E-state index is -0.242. The molecule has 146 valence electrons. The van der Waals surface area contributed by atoms with Gasteiger partial charge in [0, 0.05) is 29.1 Å². The molecule has 0 amide bonds. The first kappa shape index (κ1) is 18.1. The molecule has 2 aliphatic rings.